The number of para-hydroxylation sites is 2. The normalized spacial score (nSPS) is 10.5. The Kier molecular flexibility index (Phi) is 3.87. The third kappa shape index (κ3) is 2.65. The average molecular weight is 322 g/mol. The van der Waals surface area contributed by atoms with E-state index in [1.54, 1.807) is 36.4 Å². The summed E-state index contributed by atoms with van der Waals surface area (Å²) in [6, 6.07) is 13.2. The molecule has 120 valence electrons. The Bertz CT molecular complexity index is 972. The summed E-state index contributed by atoms with van der Waals surface area (Å²) in [6.07, 6.45) is 1.46. The van der Waals surface area contributed by atoms with E-state index in [4.69, 9.17) is 0 Å². The van der Waals surface area contributed by atoms with Crippen LogP contribution in [0.15, 0.2) is 54.7 Å². The van der Waals surface area contributed by atoms with E-state index in [0.29, 0.717) is 16.5 Å². The molecule has 3 rings (SSSR count). The molecular weight excluding hydrogens is 308 g/mol. The van der Waals surface area contributed by atoms with E-state index in [0.717, 1.165) is 0 Å². The van der Waals surface area contributed by atoms with Crippen molar-refractivity contribution in [3.8, 4) is 0 Å². The molecule has 0 unspecified atom stereocenters. The topological polar surface area (TPSA) is 88.4 Å². The van der Waals surface area contributed by atoms with Gasteiger partial charge in [-0.2, -0.15) is 0 Å². The van der Waals surface area contributed by atoms with Crippen molar-refractivity contribution in [2.75, 3.05) is 5.32 Å². The lowest BCUT2D eigenvalue weighted by Gasteiger charge is -2.07. The molecule has 24 heavy (non-hydrogen) atoms. The molecule has 1 aromatic heterocycles. The zero-order valence-electron chi connectivity index (χ0n) is 12.8. The zero-order valence-corrected chi connectivity index (χ0v) is 12.8. The van der Waals surface area contributed by atoms with Crippen molar-refractivity contribution in [2.24, 2.45) is 0 Å². The lowest BCUT2D eigenvalue weighted by Crippen LogP contribution is -2.14. The van der Waals surface area contributed by atoms with Gasteiger partial charge < -0.3 is 10.4 Å². The molecule has 0 aliphatic heterocycles. The van der Waals surface area contributed by atoms with Crippen molar-refractivity contribution in [2.45, 2.75) is 6.92 Å². The van der Waals surface area contributed by atoms with E-state index in [9.17, 15) is 19.5 Å². The first-order chi connectivity index (χ1) is 11.5. The summed E-state index contributed by atoms with van der Waals surface area (Å²) in [5.41, 5.74) is 1.14. The van der Waals surface area contributed by atoms with Crippen LogP contribution in [-0.2, 0) is 0 Å². The second-order valence-corrected chi connectivity index (χ2v) is 5.25. The van der Waals surface area contributed by atoms with E-state index < -0.39 is 11.9 Å². The largest absolute Gasteiger partial charge is 0.478 e. The SMILES string of the molecule is CC(=O)n1cc(C(=O)Nc2ccccc2C(=O)O)c2ccccc21. The summed E-state index contributed by atoms with van der Waals surface area (Å²) >= 11 is 0. The molecule has 0 radical (unpaired) electrons. The Morgan fingerprint density at radius 3 is 2.33 bits per heavy atom. The maximum absolute atomic E-state index is 12.6. The number of carboxylic acids is 1. The first-order valence-electron chi connectivity index (χ1n) is 7.23. The van der Waals surface area contributed by atoms with Crippen LogP contribution in [0.5, 0.6) is 0 Å². The number of rotatable bonds is 3. The van der Waals surface area contributed by atoms with E-state index in [-0.39, 0.29) is 17.2 Å². The van der Waals surface area contributed by atoms with Gasteiger partial charge in [0.15, 0.2) is 0 Å². The minimum absolute atomic E-state index is 0.00107. The summed E-state index contributed by atoms with van der Waals surface area (Å²) < 4.78 is 1.40. The number of hydrogen-bond donors (Lipinski definition) is 2. The van der Waals surface area contributed by atoms with Gasteiger partial charge >= 0.3 is 5.97 Å². The summed E-state index contributed by atoms with van der Waals surface area (Å²) in [5.74, 6) is -1.81. The molecule has 1 heterocycles. The first-order valence-corrected chi connectivity index (χ1v) is 7.23. The molecule has 0 fully saturated rings. The summed E-state index contributed by atoms with van der Waals surface area (Å²) in [5, 5.41) is 12.4. The molecule has 2 N–H and O–H groups in total. The average Bonchev–Trinajstić information content (AvgIpc) is 2.95. The van der Waals surface area contributed by atoms with Crippen LogP contribution in [0.25, 0.3) is 10.9 Å². The fraction of sp³-hybridized carbons (Fsp3) is 0.0556. The third-order valence-electron chi connectivity index (χ3n) is 3.70. The lowest BCUT2D eigenvalue weighted by molar-refractivity contribution is 0.0697. The highest BCUT2D eigenvalue weighted by atomic mass is 16.4. The number of carbonyl (C=O) groups is 3. The van der Waals surface area contributed by atoms with Crippen LogP contribution in [0.2, 0.25) is 0 Å². The molecule has 0 spiro atoms. The maximum atomic E-state index is 12.6. The smallest absolute Gasteiger partial charge is 0.337 e. The van der Waals surface area contributed by atoms with Gasteiger partial charge in [0.2, 0.25) is 5.91 Å². The first kappa shape index (κ1) is 15.5. The van der Waals surface area contributed by atoms with E-state index in [1.165, 1.54) is 29.8 Å². The van der Waals surface area contributed by atoms with Gasteiger partial charge in [0.05, 0.1) is 22.3 Å². The van der Waals surface area contributed by atoms with Crippen LogP contribution < -0.4 is 5.32 Å². The Morgan fingerprint density at radius 2 is 1.62 bits per heavy atom. The lowest BCUT2D eigenvalue weighted by atomic mass is 10.1. The number of anilines is 1. The number of nitrogens with one attached hydrogen (secondary N) is 1. The van der Waals surface area contributed by atoms with Crippen molar-refractivity contribution in [3.63, 3.8) is 0 Å². The Labute approximate surface area is 137 Å². The van der Waals surface area contributed by atoms with Gasteiger partial charge in [-0.1, -0.05) is 30.3 Å². The van der Waals surface area contributed by atoms with Crippen molar-refractivity contribution in [3.05, 3.63) is 65.9 Å². The molecule has 3 aromatic rings. The second-order valence-electron chi connectivity index (χ2n) is 5.25. The molecule has 0 bridgehead atoms. The van der Waals surface area contributed by atoms with Gasteiger partial charge in [0.25, 0.3) is 5.91 Å². The van der Waals surface area contributed by atoms with Gasteiger partial charge in [-0.05, 0) is 18.2 Å². The summed E-state index contributed by atoms with van der Waals surface area (Å²) in [6.45, 7) is 1.41. The van der Waals surface area contributed by atoms with Crippen LogP contribution >= 0.6 is 0 Å². The molecule has 0 aliphatic rings. The van der Waals surface area contributed by atoms with E-state index in [2.05, 4.69) is 5.32 Å². The number of fused-ring (bicyclic) bond motifs is 1. The second kappa shape index (κ2) is 6.00. The molecule has 0 saturated heterocycles. The summed E-state index contributed by atoms with van der Waals surface area (Å²) in [4.78, 5) is 35.6. The van der Waals surface area contributed by atoms with E-state index >= 15 is 0 Å². The Morgan fingerprint density at radius 1 is 0.958 bits per heavy atom. The molecule has 6 nitrogen and oxygen atoms in total. The maximum Gasteiger partial charge on any atom is 0.337 e. The minimum atomic E-state index is -1.13. The molecule has 6 heteroatoms. The predicted molar refractivity (Wildman–Crippen MR) is 89.6 cm³/mol. The van der Waals surface area contributed by atoms with E-state index in [1.807, 2.05) is 0 Å². The predicted octanol–water partition coefficient (Wildman–Crippen LogP) is 3.25. The highest BCUT2D eigenvalue weighted by Crippen LogP contribution is 2.23. The van der Waals surface area contributed by atoms with Crippen molar-refractivity contribution in [1.82, 2.24) is 4.57 Å². The molecule has 2 aromatic carbocycles. The van der Waals surface area contributed by atoms with Gasteiger partial charge in [-0.3, -0.25) is 14.2 Å². The molecule has 0 saturated carbocycles. The van der Waals surface area contributed by atoms with Crippen LogP contribution in [0.3, 0.4) is 0 Å². The Balaban J connectivity index is 2.04. The van der Waals surface area contributed by atoms with Crippen molar-refractivity contribution < 1.29 is 19.5 Å². The number of aromatic nitrogens is 1. The standard InChI is InChI=1S/C18H14N2O4/c1-11(21)20-10-14(12-6-3-5-9-16(12)20)17(22)19-15-8-4-2-7-13(15)18(23)24/h2-10H,1H3,(H,19,22)(H,23,24). The van der Waals surface area contributed by atoms with Gasteiger partial charge in [-0.15, -0.1) is 0 Å². The fourth-order valence-corrected chi connectivity index (χ4v) is 2.59. The van der Waals surface area contributed by atoms with Crippen molar-refractivity contribution in [1.29, 1.82) is 0 Å². The van der Waals surface area contributed by atoms with Gasteiger partial charge in [0, 0.05) is 18.5 Å². The number of benzene rings is 2. The monoisotopic (exact) mass is 322 g/mol. The fourth-order valence-electron chi connectivity index (χ4n) is 2.59. The van der Waals surface area contributed by atoms with Crippen LogP contribution in [-0.4, -0.2) is 27.5 Å². The zero-order chi connectivity index (χ0) is 17.3. The summed E-state index contributed by atoms with van der Waals surface area (Å²) in [7, 11) is 0. The quantitative estimate of drug-likeness (QED) is 0.774. The molecule has 0 atom stereocenters. The molecule has 0 aliphatic carbocycles. The molecular formula is C18H14N2O4. The van der Waals surface area contributed by atoms with Crippen LogP contribution in [0, 0.1) is 0 Å². The highest BCUT2D eigenvalue weighted by Gasteiger charge is 2.18. The van der Waals surface area contributed by atoms with Gasteiger partial charge in [-0.25, -0.2) is 4.79 Å². The Hall–Kier alpha value is -3.41. The molecule has 1 amide bonds. The number of carboxylic acid groups (broad SMARTS) is 1. The number of hydrogen-bond acceptors (Lipinski definition) is 3. The van der Waals surface area contributed by atoms with Crippen molar-refractivity contribution >= 4 is 34.4 Å². The minimum Gasteiger partial charge on any atom is -0.478 e. The number of nitrogens with zero attached hydrogens (tertiary/aromatic N) is 1. The highest BCUT2D eigenvalue weighted by molar-refractivity contribution is 6.15. The number of aromatic carboxylic acids is 1. The van der Waals surface area contributed by atoms with Crippen LogP contribution in [0.4, 0.5) is 5.69 Å². The third-order valence-corrected chi connectivity index (χ3v) is 3.70. The van der Waals surface area contributed by atoms with Crippen LogP contribution in [0.1, 0.15) is 32.4 Å². The number of carbonyl (C=O) groups excluding carboxylic acids is 2. The van der Waals surface area contributed by atoms with Gasteiger partial charge in [0.1, 0.15) is 0 Å². The number of amides is 1.